The van der Waals surface area contributed by atoms with E-state index in [4.69, 9.17) is 12.2 Å². The van der Waals surface area contributed by atoms with Crippen molar-refractivity contribution in [3.63, 3.8) is 0 Å². The number of ketones is 1. The Morgan fingerprint density at radius 1 is 1.10 bits per heavy atom. The van der Waals surface area contributed by atoms with Gasteiger partial charge in [-0.15, -0.1) is 0 Å². The summed E-state index contributed by atoms with van der Waals surface area (Å²) >= 11 is 5.14. The van der Waals surface area contributed by atoms with E-state index in [0.29, 0.717) is 11.3 Å². The summed E-state index contributed by atoms with van der Waals surface area (Å²) in [6.07, 6.45) is 0. The van der Waals surface area contributed by atoms with Gasteiger partial charge in [0.15, 0.2) is 10.9 Å². The maximum absolute atomic E-state index is 13.7. The Hall–Kier alpha value is -2.27. The largest absolute Gasteiger partial charge is 0.332 e. The van der Waals surface area contributed by atoms with Crippen LogP contribution >= 0.6 is 12.2 Å². The molecule has 0 radical (unpaired) electrons. The van der Waals surface area contributed by atoms with Crippen LogP contribution in [-0.2, 0) is 0 Å². The third-order valence-electron chi connectivity index (χ3n) is 2.92. The number of thiocarbonyl (C=S) groups is 1. The van der Waals surface area contributed by atoms with Crippen LogP contribution in [0.4, 0.5) is 15.8 Å². The van der Waals surface area contributed by atoms with Crippen LogP contribution in [-0.4, -0.2) is 10.9 Å². The molecule has 2 aromatic carbocycles. The monoisotopic (exact) mass is 302 g/mol. The van der Waals surface area contributed by atoms with E-state index in [1.807, 2.05) is 6.92 Å². The molecule has 3 nitrogen and oxygen atoms in total. The zero-order chi connectivity index (χ0) is 15.4. The van der Waals surface area contributed by atoms with Crippen LogP contribution in [0, 0.1) is 12.7 Å². The number of Topliss-reactive ketones (excluding diaryl/α,β-unsaturated/α-hetero) is 1. The molecule has 0 unspecified atom stereocenters. The highest BCUT2D eigenvalue weighted by Crippen LogP contribution is 2.16. The van der Waals surface area contributed by atoms with Gasteiger partial charge >= 0.3 is 0 Å². The van der Waals surface area contributed by atoms with Gasteiger partial charge in [-0.2, -0.15) is 0 Å². The third kappa shape index (κ3) is 4.10. The van der Waals surface area contributed by atoms with Crippen LogP contribution in [0.5, 0.6) is 0 Å². The molecule has 0 aliphatic rings. The Bertz CT molecular complexity index is 683. The van der Waals surface area contributed by atoms with Crippen molar-refractivity contribution < 1.29 is 9.18 Å². The lowest BCUT2D eigenvalue weighted by atomic mass is 10.1. The van der Waals surface area contributed by atoms with Gasteiger partial charge in [0, 0.05) is 11.3 Å². The lowest BCUT2D eigenvalue weighted by Gasteiger charge is -2.11. The number of rotatable bonds is 3. The van der Waals surface area contributed by atoms with E-state index in [0.717, 1.165) is 11.3 Å². The third-order valence-corrected chi connectivity index (χ3v) is 3.13. The molecule has 0 amide bonds. The lowest BCUT2D eigenvalue weighted by molar-refractivity contribution is 0.101. The molecule has 0 bridgehead atoms. The van der Waals surface area contributed by atoms with Crippen LogP contribution in [0.25, 0.3) is 0 Å². The molecule has 21 heavy (non-hydrogen) atoms. The van der Waals surface area contributed by atoms with Gasteiger partial charge in [0.25, 0.3) is 0 Å². The Morgan fingerprint density at radius 3 is 2.33 bits per heavy atom. The Kier molecular flexibility index (Phi) is 4.65. The molecule has 2 N–H and O–H groups in total. The number of benzene rings is 2. The standard InChI is InChI=1S/C16H15FN2OS/c1-10-3-8-15(14(17)9-10)19-16(21)18-13-6-4-12(5-7-13)11(2)20/h3-9H,1-2H3,(H2,18,19,21). The van der Waals surface area contributed by atoms with Crippen molar-refractivity contribution >= 4 is 34.5 Å². The highest BCUT2D eigenvalue weighted by atomic mass is 32.1. The molecule has 0 saturated heterocycles. The van der Waals surface area contributed by atoms with Crippen molar-refractivity contribution in [1.29, 1.82) is 0 Å². The van der Waals surface area contributed by atoms with Gasteiger partial charge in [0.2, 0.25) is 0 Å². The molecule has 5 heteroatoms. The van der Waals surface area contributed by atoms with Crippen LogP contribution in [0.2, 0.25) is 0 Å². The van der Waals surface area contributed by atoms with Crippen molar-refractivity contribution in [2.24, 2.45) is 0 Å². The van der Waals surface area contributed by atoms with E-state index in [1.165, 1.54) is 13.0 Å². The molecule has 0 fully saturated rings. The molecule has 0 aliphatic carbocycles. The molecular formula is C16H15FN2OS. The van der Waals surface area contributed by atoms with Crippen molar-refractivity contribution in [3.8, 4) is 0 Å². The Balaban J connectivity index is 2.02. The van der Waals surface area contributed by atoms with E-state index in [9.17, 15) is 9.18 Å². The summed E-state index contributed by atoms with van der Waals surface area (Å²) in [6, 6.07) is 11.8. The Labute approximate surface area is 128 Å². The normalized spacial score (nSPS) is 10.0. The van der Waals surface area contributed by atoms with Crippen LogP contribution in [0.15, 0.2) is 42.5 Å². The molecule has 0 atom stereocenters. The van der Waals surface area contributed by atoms with E-state index < -0.39 is 0 Å². The number of hydrogen-bond donors (Lipinski definition) is 2. The summed E-state index contributed by atoms with van der Waals surface area (Å²) in [7, 11) is 0. The van der Waals surface area contributed by atoms with Crippen LogP contribution < -0.4 is 10.6 Å². The molecule has 0 heterocycles. The predicted octanol–water partition coefficient (Wildman–Crippen LogP) is 4.15. The molecule has 0 spiro atoms. The van der Waals surface area contributed by atoms with Gasteiger partial charge in [0.1, 0.15) is 5.82 Å². The van der Waals surface area contributed by atoms with Gasteiger partial charge < -0.3 is 10.6 Å². The zero-order valence-corrected chi connectivity index (χ0v) is 12.6. The van der Waals surface area contributed by atoms with Gasteiger partial charge in [-0.3, -0.25) is 4.79 Å². The second-order valence-electron chi connectivity index (χ2n) is 4.70. The first-order valence-electron chi connectivity index (χ1n) is 6.41. The van der Waals surface area contributed by atoms with Crippen molar-refractivity contribution in [2.75, 3.05) is 10.6 Å². The first kappa shape index (κ1) is 15.1. The van der Waals surface area contributed by atoms with Crippen LogP contribution in [0.1, 0.15) is 22.8 Å². The highest BCUT2D eigenvalue weighted by Gasteiger charge is 2.05. The second-order valence-corrected chi connectivity index (χ2v) is 5.10. The summed E-state index contributed by atoms with van der Waals surface area (Å²) < 4.78 is 13.7. The summed E-state index contributed by atoms with van der Waals surface area (Å²) in [5.41, 5.74) is 2.52. The summed E-state index contributed by atoms with van der Waals surface area (Å²) in [4.78, 5) is 11.2. The second kappa shape index (κ2) is 6.45. The highest BCUT2D eigenvalue weighted by molar-refractivity contribution is 7.80. The fourth-order valence-electron chi connectivity index (χ4n) is 1.79. The number of nitrogens with one attached hydrogen (secondary N) is 2. The molecule has 2 aromatic rings. The average Bonchev–Trinajstić information content (AvgIpc) is 2.42. The van der Waals surface area contributed by atoms with Gasteiger partial charge in [-0.25, -0.2) is 4.39 Å². The first-order valence-corrected chi connectivity index (χ1v) is 6.81. The van der Waals surface area contributed by atoms with E-state index >= 15 is 0 Å². The zero-order valence-electron chi connectivity index (χ0n) is 11.7. The smallest absolute Gasteiger partial charge is 0.175 e. The van der Waals surface area contributed by atoms with Gasteiger partial charge in [-0.1, -0.05) is 6.07 Å². The maximum Gasteiger partial charge on any atom is 0.175 e. The SMILES string of the molecule is CC(=O)c1ccc(NC(=S)Nc2ccc(C)cc2F)cc1. The van der Waals surface area contributed by atoms with Crippen molar-refractivity contribution in [2.45, 2.75) is 13.8 Å². The number of aryl methyl sites for hydroxylation is 1. The molecule has 0 aromatic heterocycles. The van der Waals surface area contributed by atoms with Gasteiger partial charge in [0.05, 0.1) is 5.69 Å². The molecule has 0 saturated carbocycles. The summed E-state index contributed by atoms with van der Waals surface area (Å²) in [5.74, 6) is -0.352. The minimum absolute atomic E-state index is 0.00368. The molecule has 108 valence electrons. The minimum Gasteiger partial charge on any atom is -0.332 e. The van der Waals surface area contributed by atoms with Gasteiger partial charge in [-0.05, 0) is 68.0 Å². The predicted molar refractivity (Wildman–Crippen MR) is 87.4 cm³/mol. The fraction of sp³-hybridized carbons (Fsp3) is 0.125. The quantitative estimate of drug-likeness (QED) is 0.660. The Morgan fingerprint density at radius 2 is 1.76 bits per heavy atom. The number of carbonyl (C=O) groups excluding carboxylic acids is 1. The molecule has 0 aliphatic heterocycles. The number of halogens is 1. The minimum atomic E-state index is -0.355. The fourth-order valence-corrected chi connectivity index (χ4v) is 2.02. The maximum atomic E-state index is 13.7. The molecule has 2 rings (SSSR count). The average molecular weight is 302 g/mol. The van der Waals surface area contributed by atoms with E-state index in [-0.39, 0.29) is 16.7 Å². The summed E-state index contributed by atoms with van der Waals surface area (Å²) in [5, 5.41) is 6.03. The van der Waals surface area contributed by atoms with Crippen LogP contribution in [0.3, 0.4) is 0 Å². The first-order chi connectivity index (χ1) is 9.95. The van der Waals surface area contributed by atoms with E-state index in [2.05, 4.69) is 10.6 Å². The summed E-state index contributed by atoms with van der Waals surface area (Å²) in [6.45, 7) is 3.33. The lowest BCUT2D eigenvalue weighted by Crippen LogP contribution is -2.19. The topological polar surface area (TPSA) is 41.1 Å². The van der Waals surface area contributed by atoms with Crippen molar-refractivity contribution in [3.05, 3.63) is 59.4 Å². The van der Waals surface area contributed by atoms with E-state index in [1.54, 1.807) is 36.4 Å². The number of anilines is 2. The molecular weight excluding hydrogens is 287 g/mol. The number of carbonyl (C=O) groups is 1. The number of hydrogen-bond acceptors (Lipinski definition) is 2. The van der Waals surface area contributed by atoms with Crippen molar-refractivity contribution in [1.82, 2.24) is 0 Å².